The molecule has 0 spiro atoms. The summed E-state index contributed by atoms with van der Waals surface area (Å²) in [4.78, 5) is 1.13. The van der Waals surface area contributed by atoms with Crippen LogP contribution < -0.4 is 10.5 Å². The Hall–Kier alpha value is -0.560. The van der Waals surface area contributed by atoms with E-state index < -0.39 is 11.4 Å². The number of nitrogen functional groups attached to an aromatic ring is 1. The molecule has 4 nitrogen and oxygen atoms in total. The predicted molar refractivity (Wildman–Crippen MR) is 81.8 cm³/mol. The van der Waals surface area contributed by atoms with Crippen LogP contribution in [0.25, 0.3) is 0 Å². The second-order valence-electron chi connectivity index (χ2n) is 5.97. The summed E-state index contributed by atoms with van der Waals surface area (Å²) in [6.45, 7) is 5.90. The second-order valence-corrected chi connectivity index (χ2v) is 8.91. The lowest BCUT2D eigenvalue weighted by Gasteiger charge is -2.27. The van der Waals surface area contributed by atoms with Gasteiger partial charge in [-0.25, -0.2) is 0 Å². The van der Waals surface area contributed by atoms with Gasteiger partial charge < -0.3 is 10.3 Å². The van der Waals surface area contributed by atoms with Crippen LogP contribution in [0.4, 0.5) is 0 Å². The minimum absolute atomic E-state index is 0.0917. The lowest BCUT2D eigenvalue weighted by atomic mass is 10.1. The van der Waals surface area contributed by atoms with Gasteiger partial charge >= 0.3 is 0 Å². The van der Waals surface area contributed by atoms with E-state index in [9.17, 15) is 4.55 Å². The highest BCUT2D eigenvalue weighted by Crippen LogP contribution is 2.43. The molecular formula is C13H21N3OS2. The molecule has 19 heavy (non-hydrogen) atoms. The summed E-state index contributed by atoms with van der Waals surface area (Å²) in [7, 11) is 0. The Balaban J connectivity index is 2.13. The molecule has 4 N–H and O–H groups in total. The van der Waals surface area contributed by atoms with Gasteiger partial charge in [-0.3, -0.25) is 5.41 Å². The Morgan fingerprint density at radius 1 is 1.58 bits per heavy atom. The van der Waals surface area contributed by atoms with E-state index in [2.05, 4.69) is 4.72 Å². The molecule has 1 heterocycles. The summed E-state index contributed by atoms with van der Waals surface area (Å²) >= 11 is 0.511. The van der Waals surface area contributed by atoms with Gasteiger partial charge in [0.2, 0.25) is 0 Å². The molecule has 6 heteroatoms. The molecule has 1 unspecified atom stereocenters. The first-order valence-electron chi connectivity index (χ1n) is 6.40. The SMILES string of the molecule is CC(C)(C)[S@+]([O-])NC(c1cc(C(=N)N)cs1)C1CC1. The average Bonchev–Trinajstić information content (AvgIpc) is 3.00. The number of nitrogens with one attached hydrogen (secondary N) is 2. The topological polar surface area (TPSA) is 85.0 Å². The molecule has 1 aromatic rings. The minimum atomic E-state index is -1.08. The summed E-state index contributed by atoms with van der Waals surface area (Å²) in [5.74, 6) is 0.652. The average molecular weight is 299 g/mol. The van der Waals surface area contributed by atoms with Crippen LogP contribution in [0, 0.1) is 11.3 Å². The molecule has 0 radical (unpaired) electrons. The molecule has 0 amide bonds. The molecule has 106 valence electrons. The molecule has 1 saturated carbocycles. The molecule has 1 aromatic heterocycles. The molecular weight excluding hydrogens is 278 g/mol. The maximum absolute atomic E-state index is 12.3. The maximum atomic E-state index is 12.3. The van der Waals surface area contributed by atoms with Crippen molar-refractivity contribution in [1.82, 2.24) is 4.72 Å². The van der Waals surface area contributed by atoms with Crippen LogP contribution in [0.2, 0.25) is 0 Å². The van der Waals surface area contributed by atoms with Crippen LogP contribution in [0.1, 0.15) is 50.1 Å². The standard InChI is InChI=1S/C13H21N3OS2/c1-13(2,3)19(17)16-11(8-4-5-8)10-6-9(7-18-10)12(14)15/h6-8,11,16H,4-5H2,1-3H3,(H3,14,15)/t11?,19-/m0/s1. The number of nitrogens with two attached hydrogens (primary N) is 1. The van der Waals surface area contributed by atoms with Crippen molar-refractivity contribution in [3.63, 3.8) is 0 Å². The Morgan fingerprint density at radius 3 is 2.63 bits per heavy atom. The van der Waals surface area contributed by atoms with Crippen LogP contribution >= 0.6 is 11.3 Å². The number of hydrogen-bond donors (Lipinski definition) is 3. The highest BCUT2D eigenvalue weighted by Gasteiger charge is 2.39. The zero-order valence-corrected chi connectivity index (χ0v) is 13.2. The van der Waals surface area contributed by atoms with Crippen molar-refractivity contribution >= 4 is 28.5 Å². The van der Waals surface area contributed by atoms with Crippen LogP contribution in [-0.4, -0.2) is 15.1 Å². The van der Waals surface area contributed by atoms with Gasteiger partial charge in [-0.05, 0) is 45.6 Å². The van der Waals surface area contributed by atoms with Crippen molar-refractivity contribution in [2.75, 3.05) is 0 Å². The van der Waals surface area contributed by atoms with Crippen molar-refractivity contribution in [1.29, 1.82) is 5.41 Å². The number of thiophene rings is 1. The second kappa shape index (κ2) is 5.44. The normalized spacial score (nSPS) is 19.2. The van der Waals surface area contributed by atoms with Gasteiger partial charge in [-0.2, -0.15) is 0 Å². The van der Waals surface area contributed by atoms with Gasteiger partial charge in [0.05, 0.1) is 6.04 Å². The quantitative estimate of drug-likeness (QED) is 0.444. The lowest BCUT2D eigenvalue weighted by molar-refractivity contribution is 0.507. The fourth-order valence-corrected chi connectivity index (χ4v) is 3.79. The number of amidine groups is 1. The third-order valence-corrected chi connectivity index (χ3v) is 5.72. The summed E-state index contributed by atoms with van der Waals surface area (Å²) in [5.41, 5.74) is 6.26. The number of hydrogen-bond acceptors (Lipinski definition) is 4. The zero-order chi connectivity index (χ0) is 14.2. The van der Waals surface area contributed by atoms with Gasteiger partial charge in [0.25, 0.3) is 0 Å². The summed E-state index contributed by atoms with van der Waals surface area (Å²) in [5, 5.41) is 9.36. The van der Waals surface area contributed by atoms with E-state index in [1.165, 1.54) is 12.8 Å². The molecule has 1 fully saturated rings. The van der Waals surface area contributed by atoms with Gasteiger partial charge in [0, 0.05) is 27.2 Å². The van der Waals surface area contributed by atoms with Crippen molar-refractivity contribution in [2.24, 2.45) is 11.7 Å². The molecule has 0 bridgehead atoms. The molecule has 1 aliphatic rings. The predicted octanol–water partition coefficient (Wildman–Crippen LogP) is 2.54. The van der Waals surface area contributed by atoms with E-state index in [0.717, 1.165) is 10.4 Å². The fourth-order valence-electron chi connectivity index (χ4n) is 1.77. The van der Waals surface area contributed by atoms with Crippen molar-refractivity contribution < 1.29 is 4.55 Å². The first-order chi connectivity index (χ1) is 8.79. The maximum Gasteiger partial charge on any atom is 0.136 e. The fraction of sp³-hybridized carbons (Fsp3) is 0.615. The number of rotatable bonds is 5. The highest BCUT2D eigenvalue weighted by atomic mass is 32.2. The van der Waals surface area contributed by atoms with Crippen molar-refractivity contribution in [2.45, 2.75) is 44.4 Å². The smallest absolute Gasteiger partial charge is 0.136 e. The first-order valence-corrected chi connectivity index (χ1v) is 8.43. The minimum Gasteiger partial charge on any atom is -0.598 e. The first kappa shape index (κ1) is 14.8. The molecule has 0 aliphatic heterocycles. The molecule has 0 aromatic carbocycles. The van der Waals surface area contributed by atoms with Crippen LogP contribution in [0.5, 0.6) is 0 Å². The monoisotopic (exact) mass is 299 g/mol. The van der Waals surface area contributed by atoms with E-state index in [1.54, 1.807) is 11.3 Å². The van der Waals surface area contributed by atoms with Crippen LogP contribution in [-0.2, 0) is 11.4 Å². The summed E-state index contributed by atoms with van der Waals surface area (Å²) in [6, 6.07) is 2.07. The molecule has 0 saturated heterocycles. The van der Waals surface area contributed by atoms with Crippen molar-refractivity contribution in [3.8, 4) is 0 Å². The Kier molecular flexibility index (Phi) is 4.25. The molecule has 2 rings (SSSR count). The third-order valence-electron chi connectivity index (χ3n) is 3.12. The lowest BCUT2D eigenvalue weighted by Crippen LogP contribution is -2.41. The van der Waals surface area contributed by atoms with Crippen LogP contribution in [0.3, 0.4) is 0 Å². The van der Waals surface area contributed by atoms with E-state index in [-0.39, 0.29) is 16.6 Å². The zero-order valence-electron chi connectivity index (χ0n) is 11.5. The van der Waals surface area contributed by atoms with E-state index in [0.29, 0.717) is 5.92 Å². The van der Waals surface area contributed by atoms with Crippen molar-refractivity contribution in [3.05, 3.63) is 21.9 Å². The Morgan fingerprint density at radius 2 is 2.21 bits per heavy atom. The molecule has 2 atom stereocenters. The summed E-state index contributed by atoms with van der Waals surface area (Å²) < 4.78 is 15.2. The summed E-state index contributed by atoms with van der Waals surface area (Å²) in [6.07, 6.45) is 2.35. The van der Waals surface area contributed by atoms with E-state index >= 15 is 0 Å². The van der Waals surface area contributed by atoms with Gasteiger partial charge in [0.15, 0.2) is 0 Å². The van der Waals surface area contributed by atoms with Gasteiger partial charge in [-0.1, -0.05) is 0 Å². The van der Waals surface area contributed by atoms with Gasteiger partial charge in [0.1, 0.15) is 10.6 Å². The third kappa shape index (κ3) is 3.72. The van der Waals surface area contributed by atoms with Crippen LogP contribution in [0.15, 0.2) is 11.4 Å². The van der Waals surface area contributed by atoms with E-state index in [1.807, 2.05) is 32.2 Å². The largest absolute Gasteiger partial charge is 0.598 e. The van der Waals surface area contributed by atoms with Gasteiger partial charge in [-0.15, -0.1) is 16.1 Å². The van der Waals surface area contributed by atoms with E-state index in [4.69, 9.17) is 11.1 Å². The highest BCUT2D eigenvalue weighted by molar-refractivity contribution is 7.90. The molecule has 1 aliphatic carbocycles. The Bertz CT molecular complexity index is 463. The Labute approximate surface area is 121 Å².